The average molecular weight is 390 g/mol. The first-order valence-electron chi connectivity index (χ1n) is 8.54. The van der Waals surface area contributed by atoms with Crippen LogP contribution in [0.2, 0.25) is 0 Å². The highest BCUT2D eigenvalue weighted by molar-refractivity contribution is 7.90. The van der Waals surface area contributed by atoms with Crippen molar-refractivity contribution in [2.75, 3.05) is 13.1 Å². The van der Waals surface area contributed by atoms with Gasteiger partial charge in [0.2, 0.25) is 5.91 Å². The van der Waals surface area contributed by atoms with Gasteiger partial charge in [-0.15, -0.1) is 15.7 Å². The van der Waals surface area contributed by atoms with Crippen molar-refractivity contribution in [3.63, 3.8) is 0 Å². The molecule has 2 aromatic rings. The average Bonchev–Trinajstić information content (AvgIpc) is 3.26. The van der Waals surface area contributed by atoms with Crippen LogP contribution < -0.4 is 5.32 Å². The molecule has 1 amide bonds. The minimum Gasteiger partial charge on any atom is -0.355 e. The molecule has 8 heteroatoms. The number of amidine groups is 1. The summed E-state index contributed by atoms with van der Waals surface area (Å²) in [5, 5.41) is 4.97. The zero-order valence-corrected chi connectivity index (χ0v) is 15.7. The number of hydrogen-bond acceptors (Lipinski definition) is 5. The van der Waals surface area contributed by atoms with Gasteiger partial charge in [-0.2, -0.15) is 8.42 Å². The van der Waals surface area contributed by atoms with Crippen LogP contribution in [-0.4, -0.2) is 38.2 Å². The van der Waals surface area contributed by atoms with E-state index in [1.165, 1.54) is 0 Å². The SMILES string of the molecule is O=C(NCc1cccs1)[C@H]1CCCN(C2=NS(=O)(=O)c3ccccc32)C1. The zero-order valence-electron chi connectivity index (χ0n) is 14.1. The molecule has 2 aliphatic heterocycles. The fourth-order valence-electron chi connectivity index (χ4n) is 3.43. The molecule has 6 nitrogen and oxygen atoms in total. The number of benzene rings is 1. The van der Waals surface area contributed by atoms with E-state index in [0.717, 1.165) is 17.7 Å². The molecule has 0 spiro atoms. The van der Waals surface area contributed by atoms with Gasteiger partial charge in [-0.25, -0.2) is 0 Å². The normalized spacial score (nSPS) is 21.2. The van der Waals surface area contributed by atoms with E-state index in [9.17, 15) is 13.2 Å². The first-order valence-corrected chi connectivity index (χ1v) is 10.9. The van der Waals surface area contributed by atoms with Crippen LogP contribution in [0.4, 0.5) is 0 Å². The number of rotatable bonds is 3. The van der Waals surface area contributed by atoms with E-state index < -0.39 is 10.0 Å². The quantitative estimate of drug-likeness (QED) is 0.873. The van der Waals surface area contributed by atoms with Crippen molar-refractivity contribution in [3.05, 3.63) is 52.2 Å². The zero-order chi connectivity index (χ0) is 18.1. The second-order valence-electron chi connectivity index (χ2n) is 6.47. The third kappa shape index (κ3) is 3.26. The molecule has 1 fully saturated rings. The Kier molecular flexibility index (Phi) is 4.54. The Balaban J connectivity index is 1.48. The minimum atomic E-state index is -3.63. The maximum absolute atomic E-state index is 12.5. The second-order valence-corrected chi connectivity index (χ2v) is 9.07. The molecular weight excluding hydrogens is 370 g/mol. The van der Waals surface area contributed by atoms with E-state index in [1.807, 2.05) is 28.5 Å². The lowest BCUT2D eigenvalue weighted by Gasteiger charge is -2.33. The minimum absolute atomic E-state index is 0.0119. The highest BCUT2D eigenvalue weighted by Crippen LogP contribution is 2.29. The Labute approximate surface area is 156 Å². The number of hydrogen-bond donors (Lipinski definition) is 1. The number of nitrogens with zero attached hydrogens (tertiary/aromatic N) is 2. The van der Waals surface area contributed by atoms with Gasteiger partial charge in [0, 0.05) is 23.5 Å². The van der Waals surface area contributed by atoms with Gasteiger partial charge in [-0.3, -0.25) is 4.79 Å². The summed E-state index contributed by atoms with van der Waals surface area (Å²) >= 11 is 1.61. The molecule has 0 aliphatic carbocycles. The smallest absolute Gasteiger partial charge is 0.285 e. The Morgan fingerprint density at radius 2 is 2.12 bits per heavy atom. The summed E-state index contributed by atoms with van der Waals surface area (Å²) < 4.78 is 28.5. The van der Waals surface area contributed by atoms with Gasteiger partial charge >= 0.3 is 0 Å². The Bertz CT molecular complexity index is 952. The van der Waals surface area contributed by atoms with E-state index in [2.05, 4.69) is 9.71 Å². The molecule has 4 rings (SSSR count). The second kappa shape index (κ2) is 6.85. The van der Waals surface area contributed by atoms with E-state index in [4.69, 9.17) is 0 Å². The topological polar surface area (TPSA) is 78.8 Å². The molecule has 1 atom stereocenters. The molecule has 1 aromatic carbocycles. The van der Waals surface area contributed by atoms with Crippen molar-refractivity contribution in [2.45, 2.75) is 24.3 Å². The lowest BCUT2D eigenvalue weighted by molar-refractivity contribution is -0.126. The first kappa shape index (κ1) is 17.2. The number of carbonyl (C=O) groups is 1. The number of likely N-dealkylation sites (tertiary alicyclic amines) is 1. The van der Waals surface area contributed by atoms with Gasteiger partial charge in [0.15, 0.2) is 5.84 Å². The van der Waals surface area contributed by atoms with Crippen molar-refractivity contribution in [1.29, 1.82) is 0 Å². The molecule has 136 valence electrons. The van der Waals surface area contributed by atoms with Gasteiger partial charge in [-0.05, 0) is 36.4 Å². The van der Waals surface area contributed by atoms with Crippen molar-refractivity contribution >= 4 is 33.1 Å². The van der Waals surface area contributed by atoms with E-state index in [1.54, 1.807) is 29.5 Å². The van der Waals surface area contributed by atoms with Crippen molar-refractivity contribution in [2.24, 2.45) is 10.3 Å². The van der Waals surface area contributed by atoms with Crippen LogP contribution in [0.25, 0.3) is 0 Å². The molecule has 0 radical (unpaired) electrons. The summed E-state index contributed by atoms with van der Waals surface area (Å²) in [7, 11) is -3.63. The number of piperidine rings is 1. The molecule has 0 saturated carbocycles. The molecule has 1 N–H and O–H groups in total. The van der Waals surface area contributed by atoms with Crippen molar-refractivity contribution in [3.8, 4) is 0 Å². The maximum atomic E-state index is 12.5. The largest absolute Gasteiger partial charge is 0.355 e. The highest BCUT2D eigenvalue weighted by atomic mass is 32.2. The van der Waals surface area contributed by atoms with E-state index >= 15 is 0 Å². The summed E-state index contributed by atoms with van der Waals surface area (Å²) in [6, 6.07) is 10.8. The van der Waals surface area contributed by atoms with Gasteiger partial charge in [0.1, 0.15) is 4.90 Å². The highest BCUT2D eigenvalue weighted by Gasteiger charge is 2.35. The van der Waals surface area contributed by atoms with Crippen LogP contribution in [0.15, 0.2) is 51.1 Å². The van der Waals surface area contributed by atoms with Crippen LogP contribution in [0.5, 0.6) is 0 Å². The first-order chi connectivity index (χ1) is 12.5. The monoisotopic (exact) mass is 389 g/mol. The predicted octanol–water partition coefficient (Wildman–Crippen LogP) is 2.23. The van der Waals surface area contributed by atoms with E-state index in [-0.39, 0.29) is 16.7 Å². The number of carbonyl (C=O) groups excluding carboxylic acids is 1. The van der Waals surface area contributed by atoms with Crippen LogP contribution in [0, 0.1) is 5.92 Å². The van der Waals surface area contributed by atoms with Gasteiger partial charge < -0.3 is 10.2 Å². The summed E-state index contributed by atoms with van der Waals surface area (Å²) in [6.07, 6.45) is 1.63. The van der Waals surface area contributed by atoms with Crippen LogP contribution in [0.1, 0.15) is 23.3 Å². The van der Waals surface area contributed by atoms with Crippen molar-refractivity contribution in [1.82, 2.24) is 10.2 Å². The summed E-state index contributed by atoms with van der Waals surface area (Å²) in [4.78, 5) is 15.8. The fraction of sp³-hybridized carbons (Fsp3) is 0.333. The van der Waals surface area contributed by atoms with Gasteiger partial charge in [-0.1, -0.05) is 18.2 Å². The number of amides is 1. The fourth-order valence-corrected chi connectivity index (χ4v) is 5.30. The standard InChI is InChI=1S/C18H19N3O3S2/c22-18(19-11-14-6-4-10-25-14)13-5-3-9-21(12-13)17-15-7-1-2-8-16(15)26(23,24)20-17/h1-2,4,6-8,10,13H,3,5,9,11-12H2,(H,19,22)/t13-/m0/s1. The van der Waals surface area contributed by atoms with Crippen molar-refractivity contribution < 1.29 is 13.2 Å². The van der Waals surface area contributed by atoms with Gasteiger partial charge in [0.25, 0.3) is 10.0 Å². The summed E-state index contributed by atoms with van der Waals surface area (Å²) in [6.45, 7) is 1.72. The van der Waals surface area contributed by atoms with Gasteiger partial charge in [0.05, 0.1) is 12.5 Å². The third-order valence-corrected chi connectivity index (χ3v) is 6.92. The Morgan fingerprint density at radius 3 is 2.92 bits per heavy atom. The number of sulfonamides is 1. The number of fused-ring (bicyclic) bond motifs is 1. The summed E-state index contributed by atoms with van der Waals surface area (Å²) in [5.74, 6) is 0.316. The third-order valence-electron chi connectivity index (χ3n) is 4.72. The van der Waals surface area contributed by atoms with Crippen LogP contribution in [-0.2, 0) is 21.4 Å². The number of thiophene rings is 1. The lowest BCUT2D eigenvalue weighted by atomic mass is 9.96. The molecule has 1 saturated heterocycles. The van der Waals surface area contributed by atoms with Crippen LogP contribution >= 0.6 is 11.3 Å². The molecule has 0 unspecified atom stereocenters. The molecule has 3 heterocycles. The molecule has 1 aromatic heterocycles. The molecule has 26 heavy (non-hydrogen) atoms. The molecule has 0 bridgehead atoms. The molecule has 2 aliphatic rings. The Hall–Kier alpha value is -2.19. The van der Waals surface area contributed by atoms with E-state index in [0.29, 0.717) is 31.0 Å². The predicted molar refractivity (Wildman–Crippen MR) is 101 cm³/mol. The number of nitrogens with one attached hydrogen (secondary N) is 1. The maximum Gasteiger partial charge on any atom is 0.285 e. The Morgan fingerprint density at radius 1 is 1.27 bits per heavy atom. The van der Waals surface area contributed by atoms with Crippen LogP contribution in [0.3, 0.4) is 0 Å². The lowest BCUT2D eigenvalue weighted by Crippen LogP contribution is -2.45. The molecular formula is C18H19N3O3S2. The summed E-state index contributed by atoms with van der Waals surface area (Å²) in [5.41, 5.74) is 0.632.